The zero-order valence-corrected chi connectivity index (χ0v) is 12.1. The summed E-state index contributed by atoms with van der Waals surface area (Å²) < 4.78 is 0. The molecule has 1 unspecified atom stereocenters. The zero-order chi connectivity index (χ0) is 13.0. The average Bonchev–Trinajstić information content (AvgIpc) is 2.75. The van der Waals surface area contributed by atoms with Crippen molar-refractivity contribution < 1.29 is 5.11 Å². The lowest BCUT2D eigenvalue weighted by Crippen LogP contribution is -2.45. The number of hydrogen-bond acceptors (Lipinski definition) is 5. The second-order valence-corrected chi connectivity index (χ2v) is 6.12. The lowest BCUT2D eigenvalue weighted by Gasteiger charge is -2.32. The first-order valence-corrected chi connectivity index (χ1v) is 7.53. The maximum absolute atomic E-state index is 9.33. The Bertz CT molecular complexity index is 359. The summed E-state index contributed by atoms with van der Waals surface area (Å²) in [6.07, 6.45) is 1.41. The van der Waals surface area contributed by atoms with Crippen molar-refractivity contribution in [2.45, 2.75) is 25.9 Å². The molecule has 1 aromatic rings. The van der Waals surface area contributed by atoms with Crippen molar-refractivity contribution in [3.63, 3.8) is 0 Å². The Hall–Kier alpha value is -0.490. The first-order valence-electron chi connectivity index (χ1n) is 6.65. The minimum absolute atomic E-state index is 0.294. The van der Waals surface area contributed by atoms with Gasteiger partial charge in [0.15, 0.2) is 0 Å². The van der Waals surface area contributed by atoms with Gasteiger partial charge in [-0.3, -0.25) is 0 Å². The van der Waals surface area contributed by atoms with Crippen LogP contribution in [0.3, 0.4) is 0 Å². The molecule has 1 aromatic heterocycles. The molecular formula is C13H23N3OS. The summed E-state index contributed by atoms with van der Waals surface area (Å²) in [5.41, 5.74) is 1.03. The molecule has 0 saturated carbocycles. The Morgan fingerprint density at radius 1 is 1.39 bits per heavy atom. The Morgan fingerprint density at radius 3 is 2.78 bits per heavy atom. The molecule has 0 aliphatic carbocycles. The zero-order valence-electron chi connectivity index (χ0n) is 11.3. The van der Waals surface area contributed by atoms with Crippen molar-refractivity contribution in [2.24, 2.45) is 0 Å². The Balaban J connectivity index is 1.74. The van der Waals surface area contributed by atoms with Gasteiger partial charge in [-0.1, -0.05) is 0 Å². The highest BCUT2D eigenvalue weighted by atomic mass is 32.1. The van der Waals surface area contributed by atoms with E-state index >= 15 is 0 Å². The normalized spacial score (nSPS) is 20.2. The smallest absolute Gasteiger partial charge is 0.0941 e. The van der Waals surface area contributed by atoms with Crippen LogP contribution in [0.4, 0.5) is 0 Å². The van der Waals surface area contributed by atoms with Gasteiger partial charge in [0.1, 0.15) is 0 Å². The lowest BCUT2D eigenvalue weighted by atomic mass is 10.2. The largest absolute Gasteiger partial charge is 0.393 e. The fourth-order valence-corrected chi connectivity index (χ4v) is 2.99. The Labute approximate surface area is 113 Å². The summed E-state index contributed by atoms with van der Waals surface area (Å²) in [5, 5.41) is 12.6. The van der Waals surface area contributed by atoms with Gasteiger partial charge in [0.25, 0.3) is 0 Å². The van der Waals surface area contributed by atoms with Gasteiger partial charge in [-0.15, -0.1) is 11.3 Å². The van der Waals surface area contributed by atoms with Gasteiger partial charge in [-0.05, 0) is 14.0 Å². The van der Waals surface area contributed by atoms with Gasteiger partial charge < -0.3 is 14.9 Å². The summed E-state index contributed by atoms with van der Waals surface area (Å²) in [7, 11) is 2.18. The van der Waals surface area contributed by atoms with E-state index in [2.05, 4.69) is 27.2 Å². The van der Waals surface area contributed by atoms with Crippen LogP contribution in [0.5, 0.6) is 0 Å². The van der Waals surface area contributed by atoms with Gasteiger partial charge in [0.2, 0.25) is 0 Å². The number of aromatic nitrogens is 1. The molecule has 1 atom stereocenters. The molecule has 102 valence electrons. The van der Waals surface area contributed by atoms with Crippen LogP contribution >= 0.6 is 11.3 Å². The predicted octanol–water partition coefficient (Wildman–Crippen LogP) is 0.856. The summed E-state index contributed by atoms with van der Waals surface area (Å²) in [6.45, 7) is 7.60. The molecule has 0 amide bonds. The van der Waals surface area contributed by atoms with Crippen LogP contribution in [0.2, 0.25) is 0 Å². The van der Waals surface area contributed by atoms with Crippen LogP contribution in [0.25, 0.3) is 0 Å². The number of hydrogen-bond donors (Lipinski definition) is 1. The van der Waals surface area contributed by atoms with E-state index in [1.165, 1.54) is 31.2 Å². The Morgan fingerprint density at radius 2 is 2.11 bits per heavy atom. The average molecular weight is 269 g/mol. The third-order valence-electron chi connectivity index (χ3n) is 3.34. The second kappa shape index (κ2) is 6.61. The highest BCUT2D eigenvalue weighted by Crippen LogP contribution is 2.13. The molecule has 2 rings (SSSR count). The number of likely N-dealkylation sites (N-methyl/N-ethyl adjacent to an activating group) is 1. The summed E-state index contributed by atoms with van der Waals surface area (Å²) in [6, 6.07) is 0. The van der Waals surface area contributed by atoms with Crippen LogP contribution in [-0.4, -0.2) is 65.8 Å². The predicted molar refractivity (Wildman–Crippen MR) is 75.1 cm³/mol. The molecule has 1 N–H and O–H groups in total. The lowest BCUT2D eigenvalue weighted by molar-refractivity contribution is 0.155. The number of piperazine rings is 1. The topological polar surface area (TPSA) is 39.6 Å². The van der Waals surface area contributed by atoms with Crippen molar-refractivity contribution in [1.29, 1.82) is 0 Å². The summed E-state index contributed by atoms with van der Waals surface area (Å²) >= 11 is 1.72. The van der Waals surface area contributed by atoms with Crippen LogP contribution in [0.15, 0.2) is 5.38 Å². The molecule has 1 aliphatic heterocycles. The fourth-order valence-electron chi connectivity index (χ4n) is 2.19. The van der Waals surface area contributed by atoms with Gasteiger partial charge in [0.05, 0.1) is 16.8 Å². The van der Waals surface area contributed by atoms with Crippen LogP contribution in [-0.2, 0) is 12.8 Å². The fraction of sp³-hybridized carbons (Fsp3) is 0.769. The van der Waals surface area contributed by atoms with E-state index in [0.29, 0.717) is 6.42 Å². The van der Waals surface area contributed by atoms with E-state index in [4.69, 9.17) is 0 Å². The van der Waals surface area contributed by atoms with Gasteiger partial charge in [-0.2, -0.15) is 0 Å². The molecular weight excluding hydrogens is 246 g/mol. The number of aliphatic hydroxyl groups excluding tert-OH is 1. The third-order valence-corrected chi connectivity index (χ3v) is 4.30. The summed E-state index contributed by atoms with van der Waals surface area (Å²) in [5.74, 6) is 0. The first kappa shape index (κ1) is 13.9. The van der Waals surface area contributed by atoms with E-state index in [1.54, 1.807) is 11.3 Å². The molecule has 1 fully saturated rings. The number of rotatable bonds is 5. The number of nitrogens with zero attached hydrogens (tertiary/aromatic N) is 3. The van der Waals surface area contributed by atoms with Crippen LogP contribution < -0.4 is 0 Å². The SMILES string of the molecule is CC(O)Cc1csc(CCN2CCN(C)CC2)n1. The molecule has 1 aliphatic rings. The number of thiazole rings is 1. The molecule has 18 heavy (non-hydrogen) atoms. The van der Waals surface area contributed by atoms with Crippen molar-refractivity contribution in [2.75, 3.05) is 39.8 Å². The van der Waals surface area contributed by atoms with E-state index < -0.39 is 0 Å². The maximum atomic E-state index is 9.33. The van der Waals surface area contributed by atoms with E-state index in [-0.39, 0.29) is 6.10 Å². The van der Waals surface area contributed by atoms with Gasteiger partial charge >= 0.3 is 0 Å². The molecule has 2 heterocycles. The van der Waals surface area contributed by atoms with Crippen molar-refractivity contribution in [3.05, 3.63) is 16.1 Å². The number of aliphatic hydroxyl groups is 1. The molecule has 5 heteroatoms. The van der Waals surface area contributed by atoms with E-state index in [9.17, 15) is 5.11 Å². The molecule has 1 saturated heterocycles. The van der Waals surface area contributed by atoms with Crippen molar-refractivity contribution in [1.82, 2.24) is 14.8 Å². The first-order chi connectivity index (χ1) is 8.63. The van der Waals surface area contributed by atoms with Crippen molar-refractivity contribution >= 4 is 11.3 Å². The second-order valence-electron chi connectivity index (χ2n) is 5.18. The molecule has 0 radical (unpaired) electrons. The summed E-state index contributed by atoms with van der Waals surface area (Å²) in [4.78, 5) is 9.46. The van der Waals surface area contributed by atoms with Crippen molar-refractivity contribution in [3.8, 4) is 0 Å². The maximum Gasteiger partial charge on any atom is 0.0941 e. The van der Waals surface area contributed by atoms with E-state index in [1.807, 2.05) is 6.92 Å². The monoisotopic (exact) mass is 269 g/mol. The highest BCUT2D eigenvalue weighted by molar-refractivity contribution is 7.09. The Kier molecular flexibility index (Phi) is 5.12. The standard InChI is InChI=1S/C13H23N3OS/c1-11(17)9-12-10-18-13(14-12)3-4-16-7-5-15(2)6-8-16/h10-11,17H,3-9H2,1-2H3. The third kappa shape index (κ3) is 4.31. The molecule has 0 spiro atoms. The minimum atomic E-state index is -0.294. The minimum Gasteiger partial charge on any atom is -0.393 e. The van der Waals surface area contributed by atoms with Gasteiger partial charge in [0, 0.05) is 50.9 Å². The quantitative estimate of drug-likeness (QED) is 0.860. The highest BCUT2D eigenvalue weighted by Gasteiger charge is 2.14. The van der Waals surface area contributed by atoms with Gasteiger partial charge in [-0.25, -0.2) is 4.98 Å². The molecule has 0 aromatic carbocycles. The molecule has 0 bridgehead atoms. The van der Waals surface area contributed by atoms with Crippen LogP contribution in [0.1, 0.15) is 17.6 Å². The van der Waals surface area contributed by atoms with Crippen LogP contribution in [0, 0.1) is 0 Å². The molecule has 4 nitrogen and oxygen atoms in total. The van der Waals surface area contributed by atoms with E-state index in [0.717, 1.165) is 18.7 Å².